The minimum absolute atomic E-state index is 0.0234. The maximum Gasteiger partial charge on any atom is 0.326 e. The number of aromatic nitrogens is 1. The Morgan fingerprint density at radius 1 is 1.00 bits per heavy atom. The Balaban J connectivity index is 2.10. The van der Waals surface area contributed by atoms with Crippen LogP contribution in [0.5, 0.6) is 0 Å². The maximum atomic E-state index is 13.2. The molecule has 11 N–H and O–H groups in total. The summed E-state index contributed by atoms with van der Waals surface area (Å²) in [5.41, 5.74) is 18.2. The smallest absolute Gasteiger partial charge is 0.326 e. The highest BCUT2D eigenvalue weighted by Crippen LogP contribution is 2.19. The fourth-order valence-corrected chi connectivity index (χ4v) is 4.38. The molecule has 4 unspecified atom stereocenters. The molecule has 40 heavy (non-hydrogen) atoms. The number of benzene rings is 1. The summed E-state index contributed by atoms with van der Waals surface area (Å²) in [7, 11) is 0. The molecule has 0 aliphatic heterocycles. The van der Waals surface area contributed by atoms with Gasteiger partial charge in [0, 0.05) is 35.8 Å². The normalized spacial score (nSPS) is 14.1. The Hall–Kier alpha value is -3.78. The highest BCUT2D eigenvalue weighted by atomic mass is 32.1. The van der Waals surface area contributed by atoms with E-state index in [0.717, 1.165) is 16.5 Å². The van der Waals surface area contributed by atoms with Crippen molar-refractivity contribution in [2.75, 3.05) is 12.3 Å². The van der Waals surface area contributed by atoms with E-state index in [9.17, 15) is 24.3 Å². The van der Waals surface area contributed by atoms with Crippen LogP contribution in [0.1, 0.15) is 38.7 Å². The first-order valence-corrected chi connectivity index (χ1v) is 13.7. The van der Waals surface area contributed by atoms with E-state index in [1.165, 1.54) is 0 Å². The Morgan fingerprint density at radius 3 is 2.25 bits per heavy atom. The number of aromatic amines is 1. The summed E-state index contributed by atoms with van der Waals surface area (Å²) in [5, 5.41) is 18.3. The summed E-state index contributed by atoms with van der Waals surface area (Å²) in [4.78, 5) is 57.8. The number of guanidine groups is 1. The van der Waals surface area contributed by atoms with Crippen molar-refractivity contribution in [3.05, 3.63) is 36.0 Å². The Morgan fingerprint density at radius 2 is 1.62 bits per heavy atom. The molecule has 0 aliphatic rings. The third kappa shape index (κ3) is 10.1. The van der Waals surface area contributed by atoms with Crippen LogP contribution in [-0.4, -0.2) is 76.2 Å². The fourth-order valence-electron chi connectivity index (χ4n) is 4.13. The second kappa shape index (κ2) is 15.7. The lowest BCUT2D eigenvalue weighted by atomic mass is 10.0. The van der Waals surface area contributed by atoms with Crippen molar-refractivity contribution in [1.29, 1.82) is 0 Å². The van der Waals surface area contributed by atoms with Crippen molar-refractivity contribution < 1.29 is 24.3 Å². The number of thiol groups is 1. The average Bonchev–Trinajstić information content (AvgIpc) is 3.30. The molecular weight excluding hydrogens is 536 g/mol. The SMILES string of the molecule is CC(C)CC(N)C(=O)NC(CCCN=C(N)N)C(=O)NC(CS)C(=O)NC(Cc1c[nH]c2ccccc12)C(=O)O. The molecule has 2 aromatic rings. The summed E-state index contributed by atoms with van der Waals surface area (Å²) >= 11 is 4.18. The van der Waals surface area contributed by atoms with Gasteiger partial charge in [0.25, 0.3) is 0 Å². The van der Waals surface area contributed by atoms with Crippen LogP contribution in [0, 0.1) is 5.92 Å². The molecule has 0 radical (unpaired) electrons. The molecule has 1 aromatic heterocycles. The van der Waals surface area contributed by atoms with Crippen molar-refractivity contribution in [3.8, 4) is 0 Å². The zero-order valence-electron chi connectivity index (χ0n) is 22.7. The summed E-state index contributed by atoms with van der Waals surface area (Å²) in [6.07, 6.45) is 2.67. The fraction of sp³-hybridized carbons (Fsp3) is 0.500. The van der Waals surface area contributed by atoms with Gasteiger partial charge in [-0.1, -0.05) is 32.0 Å². The van der Waals surface area contributed by atoms with Gasteiger partial charge in [0.15, 0.2) is 5.96 Å². The van der Waals surface area contributed by atoms with Gasteiger partial charge in [-0.15, -0.1) is 0 Å². The molecule has 0 spiro atoms. The predicted octanol–water partition coefficient (Wildman–Crippen LogP) is -0.394. The molecule has 0 saturated carbocycles. The van der Waals surface area contributed by atoms with Gasteiger partial charge < -0.3 is 43.2 Å². The van der Waals surface area contributed by atoms with Gasteiger partial charge in [-0.25, -0.2) is 4.79 Å². The zero-order valence-corrected chi connectivity index (χ0v) is 23.6. The number of nitrogens with zero attached hydrogens (tertiary/aromatic N) is 1. The number of H-pyrrole nitrogens is 1. The number of hydrogen-bond donors (Lipinski definition) is 9. The standard InChI is InChI=1S/C26H40N8O5S/c1-14(2)10-17(27)22(35)32-19(8-5-9-30-26(28)29)23(36)34-21(13-40)24(37)33-20(25(38)39)11-15-12-31-18-7-4-3-6-16(15)18/h3-4,6-7,12,14,17,19-21,31,40H,5,8-11,13,27H2,1-2H3,(H,32,35)(H,33,37)(H,34,36)(H,38,39)(H4,28,29,30). The summed E-state index contributed by atoms with van der Waals surface area (Å²) < 4.78 is 0. The van der Waals surface area contributed by atoms with Gasteiger partial charge in [-0.05, 0) is 36.8 Å². The van der Waals surface area contributed by atoms with Crippen LogP contribution < -0.4 is 33.2 Å². The number of aliphatic imine (C=N–C) groups is 1. The van der Waals surface area contributed by atoms with Crippen molar-refractivity contribution >= 4 is 53.2 Å². The lowest BCUT2D eigenvalue weighted by molar-refractivity contribution is -0.142. The predicted molar refractivity (Wildman–Crippen MR) is 157 cm³/mol. The molecule has 220 valence electrons. The first-order valence-electron chi connectivity index (χ1n) is 13.0. The monoisotopic (exact) mass is 576 g/mol. The van der Waals surface area contributed by atoms with E-state index in [4.69, 9.17) is 17.2 Å². The second-order valence-corrected chi connectivity index (χ2v) is 10.3. The van der Waals surface area contributed by atoms with Gasteiger partial charge in [0.2, 0.25) is 17.7 Å². The van der Waals surface area contributed by atoms with E-state index in [1.807, 2.05) is 38.1 Å². The van der Waals surface area contributed by atoms with Crippen LogP contribution >= 0.6 is 12.6 Å². The first-order chi connectivity index (χ1) is 18.9. The van der Waals surface area contributed by atoms with Gasteiger partial charge in [0.05, 0.1) is 6.04 Å². The number of aliphatic carboxylic acids is 1. The minimum atomic E-state index is -1.25. The first kappa shape index (κ1) is 32.4. The van der Waals surface area contributed by atoms with Gasteiger partial charge in [0.1, 0.15) is 18.1 Å². The number of nitrogens with one attached hydrogen (secondary N) is 4. The number of amides is 3. The van der Waals surface area contributed by atoms with Crippen LogP contribution in [0.15, 0.2) is 35.5 Å². The number of fused-ring (bicyclic) bond motifs is 1. The number of carbonyl (C=O) groups excluding carboxylic acids is 3. The van der Waals surface area contributed by atoms with Crippen molar-refractivity contribution in [2.24, 2.45) is 28.1 Å². The van der Waals surface area contributed by atoms with Crippen LogP contribution in [-0.2, 0) is 25.6 Å². The third-order valence-corrected chi connectivity index (χ3v) is 6.53. The molecule has 0 fully saturated rings. The van der Waals surface area contributed by atoms with Crippen LogP contribution in [0.2, 0.25) is 0 Å². The van der Waals surface area contributed by atoms with E-state index >= 15 is 0 Å². The third-order valence-electron chi connectivity index (χ3n) is 6.17. The number of para-hydroxylation sites is 1. The van der Waals surface area contributed by atoms with Gasteiger partial charge in [-0.3, -0.25) is 19.4 Å². The zero-order chi connectivity index (χ0) is 29.8. The van der Waals surface area contributed by atoms with Gasteiger partial charge in [-0.2, -0.15) is 12.6 Å². The Kier molecular flexibility index (Phi) is 12.7. The molecule has 2 rings (SSSR count). The van der Waals surface area contributed by atoms with Crippen LogP contribution in [0.3, 0.4) is 0 Å². The van der Waals surface area contributed by atoms with E-state index in [1.54, 1.807) is 6.20 Å². The lowest BCUT2D eigenvalue weighted by Crippen LogP contribution is -2.58. The van der Waals surface area contributed by atoms with Crippen molar-refractivity contribution in [1.82, 2.24) is 20.9 Å². The molecule has 0 aliphatic carbocycles. The largest absolute Gasteiger partial charge is 0.480 e. The van der Waals surface area contributed by atoms with Crippen LogP contribution in [0.25, 0.3) is 10.9 Å². The topological polar surface area (TPSA) is 231 Å². The molecule has 14 heteroatoms. The van der Waals surface area contributed by atoms with Crippen LogP contribution in [0.4, 0.5) is 0 Å². The highest BCUT2D eigenvalue weighted by molar-refractivity contribution is 7.80. The molecular formula is C26H40N8O5S. The number of carbonyl (C=O) groups is 4. The quantitative estimate of drug-likeness (QED) is 0.0551. The Bertz CT molecular complexity index is 1200. The van der Waals surface area contributed by atoms with E-state index in [-0.39, 0.29) is 37.0 Å². The molecule has 1 aromatic carbocycles. The van der Waals surface area contributed by atoms with E-state index in [2.05, 4.69) is 38.6 Å². The van der Waals surface area contributed by atoms with Crippen molar-refractivity contribution in [3.63, 3.8) is 0 Å². The number of nitrogens with two attached hydrogens (primary N) is 3. The molecule has 0 saturated heterocycles. The number of rotatable bonds is 16. The Labute approximate surface area is 238 Å². The molecule has 3 amide bonds. The van der Waals surface area contributed by atoms with Crippen molar-refractivity contribution in [2.45, 2.75) is 63.7 Å². The molecule has 0 bridgehead atoms. The summed E-state index contributed by atoms with van der Waals surface area (Å²) in [6.45, 7) is 4.07. The van der Waals surface area contributed by atoms with E-state index in [0.29, 0.717) is 12.8 Å². The molecule has 4 atom stereocenters. The van der Waals surface area contributed by atoms with E-state index < -0.39 is 47.9 Å². The second-order valence-electron chi connectivity index (χ2n) is 9.95. The maximum absolute atomic E-state index is 13.2. The lowest BCUT2D eigenvalue weighted by Gasteiger charge is -2.24. The number of carboxylic acid groups (broad SMARTS) is 1. The summed E-state index contributed by atoms with van der Waals surface area (Å²) in [5.74, 6) is -3.15. The molecule has 13 nitrogen and oxygen atoms in total. The summed E-state index contributed by atoms with van der Waals surface area (Å²) in [6, 6.07) is 3.14. The number of carboxylic acids is 1. The highest BCUT2D eigenvalue weighted by Gasteiger charge is 2.30. The molecule has 1 heterocycles. The number of hydrogen-bond acceptors (Lipinski definition) is 7. The minimum Gasteiger partial charge on any atom is -0.480 e. The van der Waals surface area contributed by atoms with Gasteiger partial charge >= 0.3 is 5.97 Å². The average molecular weight is 577 g/mol.